The van der Waals surface area contributed by atoms with Crippen molar-refractivity contribution < 1.29 is 4.79 Å². The van der Waals surface area contributed by atoms with Gasteiger partial charge in [0.05, 0.1) is 5.41 Å². The Hall–Kier alpha value is -1.06. The zero-order valence-corrected chi connectivity index (χ0v) is 13.0. The van der Waals surface area contributed by atoms with Crippen molar-refractivity contribution >= 4 is 18.3 Å². The van der Waals surface area contributed by atoms with Gasteiger partial charge in [0.15, 0.2) is 0 Å². The Balaban J connectivity index is 0.00000200. The summed E-state index contributed by atoms with van der Waals surface area (Å²) in [6.07, 6.45) is 5.24. The molecule has 1 saturated carbocycles. The lowest BCUT2D eigenvalue weighted by Crippen LogP contribution is -2.43. The third-order valence-corrected chi connectivity index (χ3v) is 4.11. The van der Waals surface area contributed by atoms with E-state index in [0.29, 0.717) is 0 Å². The highest BCUT2D eigenvalue weighted by Gasteiger charge is 2.42. The topological polar surface area (TPSA) is 41.1 Å². The van der Waals surface area contributed by atoms with Crippen LogP contribution in [0.1, 0.15) is 37.7 Å². The minimum absolute atomic E-state index is 0. The van der Waals surface area contributed by atoms with Crippen molar-refractivity contribution in [3.05, 3.63) is 35.9 Å². The molecule has 0 heterocycles. The number of nitrogens with one attached hydrogen (secondary N) is 2. The van der Waals surface area contributed by atoms with Gasteiger partial charge >= 0.3 is 0 Å². The second kappa shape index (κ2) is 8.28. The van der Waals surface area contributed by atoms with Crippen LogP contribution in [0, 0.1) is 0 Å². The van der Waals surface area contributed by atoms with Crippen LogP contribution in [0.4, 0.5) is 0 Å². The van der Waals surface area contributed by atoms with Crippen LogP contribution in [0.15, 0.2) is 30.3 Å². The summed E-state index contributed by atoms with van der Waals surface area (Å²) in [5.74, 6) is 0.215. The highest BCUT2D eigenvalue weighted by atomic mass is 35.5. The highest BCUT2D eigenvalue weighted by Crippen LogP contribution is 2.41. The van der Waals surface area contributed by atoms with Crippen LogP contribution in [0.5, 0.6) is 0 Å². The summed E-state index contributed by atoms with van der Waals surface area (Å²) in [6.45, 7) is 1.70. The molecule has 0 spiro atoms. The molecule has 1 aliphatic rings. The second-order valence-electron chi connectivity index (χ2n) is 5.37. The lowest BCUT2D eigenvalue weighted by Gasteiger charge is -2.28. The summed E-state index contributed by atoms with van der Waals surface area (Å²) in [4.78, 5) is 12.6. The fourth-order valence-electron chi connectivity index (χ4n) is 3.02. The average Bonchev–Trinajstić information content (AvgIpc) is 2.95. The Kier molecular flexibility index (Phi) is 7.03. The number of rotatable bonds is 6. The number of hydrogen-bond donors (Lipinski definition) is 2. The molecule has 0 aromatic heterocycles. The molecule has 0 radical (unpaired) electrons. The first-order chi connectivity index (χ1) is 9.29. The zero-order valence-electron chi connectivity index (χ0n) is 12.2. The molecule has 4 heteroatoms. The Morgan fingerprint density at radius 1 is 1.15 bits per heavy atom. The minimum atomic E-state index is -0.277. The van der Waals surface area contributed by atoms with E-state index in [1.54, 1.807) is 0 Å². The van der Waals surface area contributed by atoms with Crippen LogP contribution >= 0.6 is 12.4 Å². The quantitative estimate of drug-likeness (QED) is 0.793. The van der Waals surface area contributed by atoms with E-state index in [0.717, 1.165) is 45.2 Å². The highest BCUT2D eigenvalue weighted by molar-refractivity contribution is 5.88. The molecule has 1 fully saturated rings. The molecule has 3 nitrogen and oxygen atoms in total. The van der Waals surface area contributed by atoms with Crippen LogP contribution in [-0.2, 0) is 10.2 Å². The van der Waals surface area contributed by atoms with Gasteiger partial charge < -0.3 is 10.6 Å². The zero-order chi connectivity index (χ0) is 13.6. The third kappa shape index (κ3) is 3.74. The second-order valence-corrected chi connectivity index (χ2v) is 5.37. The summed E-state index contributed by atoms with van der Waals surface area (Å²) in [7, 11) is 1.93. The molecule has 1 aromatic rings. The van der Waals surface area contributed by atoms with Gasteiger partial charge in [0.1, 0.15) is 0 Å². The maximum absolute atomic E-state index is 12.6. The molecule has 0 unspecified atom stereocenters. The lowest BCUT2D eigenvalue weighted by molar-refractivity contribution is -0.126. The number of hydrogen-bond acceptors (Lipinski definition) is 2. The normalized spacial score (nSPS) is 16.4. The maximum atomic E-state index is 12.6. The monoisotopic (exact) mass is 296 g/mol. The first-order valence-corrected chi connectivity index (χ1v) is 7.28. The van der Waals surface area contributed by atoms with Gasteiger partial charge in [0.25, 0.3) is 0 Å². The van der Waals surface area contributed by atoms with E-state index in [2.05, 4.69) is 22.8 Å². The van der Waals surface area contributed by atoms with Crippen LogP contribution in [0.25, 0.3) is 0 Å². The maximum Gasteiger partial charge on any atom is 0.230 e. The lowest BCUT2D eigenvalue weighted by atomic mass is 9.78. The van der Waals surface area contributed by atoms with Crippen molar-refractivity contribution in [2.45, 2.75) is 37.5 Å². The number of carbonyl (C=O) groups excluding carboxylic acids is 1. The van der Waals surface area contributed by atoms with Crippen molar-refractivity contribution in [3.8, 4) is 0 Å². The van der Waals surface area contributed by atoms with Crippen molar-refractivity contribution in [3.63, 3.8) is 0 Å². The average molecular weight is 297 g/mol. The molecular formula is C16H25ClN2O. The molecule has 0 atom stereocenters. The Bertz CT molecular complexity index is 402. The molecule has 0 bridgehead atoms. The van der Waals surface area contributed by atoms with E-state index in [1.165, 1.54) is 5.56 Å². The molecule has 20 heavy (non-hydrogen) atoms. The van der Waals surface area contributed by atoms with Gasteiger partial charge in [-0.1, -0.05) is 43.2 Å². The van der Waals surface area contributed by atoms with Crippen molar-refractivity contribution in [1.29, 1.82) is 0 Å². The SMILES string of the molecule is CNCCCNC(=O)C1(c2ccccc2)CCCC1.Cl. The Morgan fingerprint density at radius 2 is 1.80 bits per heavy atom. The predicted molar refractivity (Wildman–Crippen MR) is 85.4 cm³/mol. The van der Waals surface area contributed by atoms with Gasteiger partial charge in [-0.15, -0.1) is 12.4 Å². The summed E-state index contributed by atoms with van der Waals surface area (Å²) < 4.78 is 0. The Labute approximate surface area is 127 Å². The number of benzene rings is 1. The number of amides is 1. The smallest absolute Gasteiger partial charge is 0.230 e. The van der Waals surface area contributed by atoms with Crippen LogP contribution in [0.3, 0.4) is 0 Å². The van der Waals surface area contributed by atoms with E-state index in [-0.39, 0.29) is 23.7 Å². The van der Waals surface area contributed by atoms with E-state index >= 15 is 0 Å². The molecule has 112 valence electrons. The van der Waals surface area contributed by atoms with Gasteiger partial charge in [-0.3, -0.25) is 4.79 Å². The number of halogens is 1. The van der Waals surface area contributed by atoms with Crippen molar-refractivity contribution in [2.75, 3.05) is 20.1 Å². The van der Waals surface area contributed by atoms with Gasteiger partial charge in [-0.05, 0) is 38.4 Å². The summed E-state index contributed by atoms with van der Waals surface area (Å²) in [5, 5.41) is 6.22. The van der Waals surface area contributed by atoms with E-state index in [1.807, 2.05) is 25.2 Å². The Morgan fingerprint density at radius 3 is 2.40 bits per heavy atom. The van der Waals surface area contributed by atoms with Crippen LogP contribution in [0.2, 0.25) is 0 Å². The largest absolute Gasteiger partial charge is 0.355 e. The van der Waals surface area contributed by atoms with Gasteiger partial charge in [0, 0.05) is 6.54 Å². The summed E-state index contributed by atoms with van der Waals surface area (Å²) in [5.41, 5.74) is 0.902. The fraction of sp³-hybridized carbons (Fsp3) is 0.562. The van der Waals surface area contributed by atoms with E-state index in [9.17, 15) is 4.79 Å². The van der Waals surface area contributed by atoms with Gasteiger partial charge in [0.2, 0.25) is 5.91 Å². The molecule has 0 saturated heterocycles. The standard InChI is InChI=1S/C16H24N2O.ClH/c1-17-12-7-13-18-15(19)16(10-5-6-11-16)14-8-3-2-4-9-14;/h2-4,8-9,17H,5-7,10-13H2,1H3,(H,18,19);1H. The molecule has 0 aliphatic heterocycles. The predicted octanol–water partition coefficient (Wildman–Crippen LogP) is 2.65. The van der Waals surface area contributed by atoms with Crippen molar-refractivity contribution in [2.24, 2.45) is 0 Å². The van der Waals surface area contributed by atoms with Crippen LogP contribution in [-0.4, -0.2) is 26.0 Å². The first-order valence-electron chi connectivity index (χ1n) is 7.28. The van der Waals surface area contributed by atoms with Crippen LogP contribution < -0.4 is 10.6 Å². The molecular weight excluding hydrogens is 272 g/mol. The van der Waals surface area contributed by atoms with Gasteiger partial charge in [-0.2, -0.15) is 0 Å². The molecule has 1 aromatic carbocycles. The summed E-state index contributed by atoms with van der Waals surface area (Å²) >= 11 is 0. The first kappa shape index (κ1) is 17.0. The fourth-order valence-corrected chi connectivity index (χ4v) is 3.02. The number of carbonyl (C=O) groups is 1. The third-order valence-electron chi connectivity index (χ3n) is 4.11. The molecule has 2 N–H and O–H groups in total. The van der Waals surface area contributed by atoms with Gasteiger partial charge in [-0.25, -0.2) is 0 Å². The van der Waals surface area contributed by atoms with E-state index in [4.69, 9.17) is 0 Å². The minimum Gasteiger partial charge on any atom is -0.355 e. The molecule has 1 amide bonds. The molecule has 2 rings (SSSR count). The molecule has 1 aliphatic carbocycles. The summed E-state index contributed by atoms with van der Waals surface area (Å²) in [6, 6.07) is 10.3. The van der Waals surface area contributed by atoms with E-state index < -0.39 is 0 Å². The van der Waals surface area contributed by atoms with Crippen molar-refractivity contribution in [1.82, 2.24) is 10.6 Å².